The van der Waals surface area contributed by atoms with Gasteiger partial charge in [0.15, 0.2) is 0 Å². The quantitative estimate of drug-likeness (QED) is 0.547. The summed E-state index contributed by atoms with van der Waals surface area (Å²) in [5.74, 6) is -3.13. The normalized spacial score (nSPS) is 13.5. The monoisotopic (exact) mass is 252 g/mol. The molecule has 1 atom stereocenters. The van der Waals surface area contributed by atoms with Gasteiger partial charge in [-0.15, -0.1) is 0 Å². The molecule has 0 heterocycles. The van der Waals surface area contributed by atoms with Gasteiger partial charge in [0.05, 0.1) is 0 Å². The number of nitrogens with one attached hydrogen (secondary N) is 2. The Labute approximate surface area is 94.3 Å². The van der Waals surface area contributed by atoms with Crippen molar-refractivity contribution in [1.29, 1.82) is 0 Å². The molecule has 0 rings (SSSR count). The van der Waals surface area contributed by atoms with E-state index < -0.39 is 33.7 Å². The predicted molar refractivity (Wildman–Crippen MR) is 57.3 cm³/mol. The van der Waals surface area contributed by atoms with Crippen LogP contribution in [0.2, 0.25) is 0 Å². The fourth-order valence-corrected chi connectivity index (χ4v) is 1.55. The largest absolute Gasteiger partial charge is 0.480 e. The van der Waals surface area contributed by atoms with Crippen LogP contribution in [0.3, 0.4) is 0 Å². The molecule has 0 aromatic heterocycles. The second kappa shape index (κ2) is 5.80. The summed E-state index contributed by atoms with van der Waals surface area (Å²) in [5, 5.41) is 10.9. The highest BCUT2D eigenvalue weighted by molar-refractivity contribution is 7.90. The third-order valence-electron chi connectivity index (χ3n) is 1.88. The molecule has 0 aliphatic heterocycles. The lowest BCUT2D eigenvalue weighted by atomic mass is 10.1. The van der Waals surface area contributed by atoms with Crippen molar-refractivity contribution in [3.8, 4) is 0 Å². The van der Waals surface area contributed by atoms with Crippen LogP contribution in [0.4, 0.5) is 0 Å². The summed E-state index contributed by atoms with van der Waals surface area (Å²) in [6, 6.07) is -1.08. The highest BCUT2D eigenvalue weighted by Gasteiger charge is 2.25. The molecule has 0 aliphatic carbocycles. The van der Waals surface area contributed by atoms with Crippen molar-refractivity contribution in [2.24, 2.45) is 5.92 Å². The molecular formula is C8H16N2O5S. The molecule has 1 amide bonds. The molecule has 0 radical (unpaired) electrons. The Bertz CT molecular complexity index is 363. The first-order valence-corrected chi connectivity index (χ1v) is 6.28. The van der Waals surface area contributed by atoms with Crippen molar-refractivity contribution in [2.75, 3.05) is 12.8 Å². The highest BCUT2D eigenvalue weighted by Crippen LogP contribution is 2.01. The molecule has 0 aromatic carbocycles. The second-order valence-electron chi connectivity index (χ2n) is 3.59. The minimum Gasteiger partial charge on any atom is -0.480 e. The molecule has 0 spiro atoms. The zero-order valence-corrected chi connectivity index (χ0v) is 10.2. The Kier molecular flexibility index (Phi) is 5.39. The van der Waals surface area contributed by atoms with Gasteiger partial charge in [0.25, 0.3) is 0 Å². The van der Waals surface area contributed by atoms with Gasteiger partial charge in [-0.3, -0.25) is 4.79 Å². The molecule has 0 fully saturated rings. The van der Waals surface area contributed by atoms with E-state index >= 15 is 0 Å². The average Bonchev–Trinajstić information content (AvgIpc) is 2.12. The number of hydrogen-bond donors (Lipinski definition) is 3. The van der Waals surface area contributed by atoms with E-state index in [1.807, 2.05) is 4.72 Å². The maximum absolute atomic E-state index is 11.2. The van der Waals surface area contributed by atoms with Gasteiger partial charge < -0.3 is 10.4 Å². The summed E-state index contributed by atoms with van der Waals surface area (Å²) in [7, 11) is -2.49. The Balaban J connectivity index is 4.50. The lowest BCUT2D eigenvalue weighted by molar-refractivity contribution is -0.142. The molecule has 0 unspecified atom stereocenters. The minimum absolute atomic E-state index is 0.321. The lowest BCUT2D eigenvalue weighted by Gasteiger charge is -2.17. The second-order valence-corrected chi connectivity index (χ2v) is 5.52. The van der Waals surface area contributed by atoms with Gasteiger partial charge in [0, 0.05) is 0 Å². The number of sulfonamides is 1. The Morgan fingerprint density at radius 2 is 1.81 bits per heavy atom. The first-order valence-electron chi connectivity index (χ1n) is 4.63. The number of hydrogen-bond acceptors (Lipinski definition) is 4. The number of rotatable bonds is 6. The lowest BCUT2D eigenvalue weighted by Crippen LogP contribution is -2.47. The standard InChI is InChI=1S/C8H16N2O5S/c1-5(2)7(8(12)13)10-6(11)4-16(14,15)9-3/h5,7,9H,4H2,1-3H3,(H,10,11)(H,12,13)/t7-/m0/s1. The van der Waals surface area contributed by atoms with E-state index in [1.54, 1.807) is 13.8 Å². The molecular weight excluding hydrogens is 236 g/mol. The van der Waals surface area contributed by atoms with Crippen LogP contribution < -0.4 is 10.0 Å². The SMILES string of the molecule is CNS(=O)(=O)CC(=O)N[C@H](C(=O)O)C(C)C. The van der Waals surface area contributed by atoms with Crippen molar-refractivity contribution in [2.45, 2.75) is 19.9 Å². The number of carbonyl (C=O) groups excluding carboxylic acids is 1. The van der Waals surface area contributed by atoms with Gasteiger partial charge in [-0.05, 0) is 13.0 Å². The van der Waals surface area contributed by atoms with Crippen LogP contribution in [-0.4, -0.2) is 44.2 Å². The number of aliphatic carboxylic acids is 1. The molecule has 3 N–H and O–H groups in total. The number of carboxylic acid groups (broad SMARTS) is 1. The number of carbonyl (C=O) groups is 2. The highest BCUT2D eigenvalue weighted by atomic mass is 32.2. The molecule has 7 nitrogen and oxygen atoms in total. The van der Waals surface area contributed by atoms with Gasteiger partial charge in [-0.2, -0.15) is 0 Å². The van der Waals surface area contributed by atoms with E-state index in [0.29, 0.717) is 0 Å². The van der Waals surface area contributed by atoms with Crippen molar-refractivity contribution < 1.29 is 23.1 Å². The Hall–Kier alpha value is -1.15. The van der Waals surface area contributed by atoms with Gasteiger partial charge in [0.2, 0.25) is 15.9 Å². The van der Waals surface area contributed by atoms with Crippen LogP contribution in [0.1, 0.15) is 13.8 Å². The van der Waals surface area contributed by atoms with Gasteiger partial charge in [-0.25, -0.2) is 17.9 Å². The summed E-state index contributed by atoms with van der Waals surface area (Å²) in [5.41, 5.74) is 0. The third kappa shape index (κ3) is 5.08. The summed E-state index contributed by atoms with van der Waals surface area (Å²) in [4.78, 5) is 22.0. The molecule has 16 heavy (non-hydrogen) atoms. The zero-order chi connectivity index (χ0) is 12.9. The summed E-state index contributed by atoms with van der Waals surface area (Å²) in [6.45, 7) is 3.23. The fraction of sp³-hybridized carbons (Fsp3) is 0.750. The van der Waals surface area contributed by atoms with Crippen LogP contribution in [0.25, 0.3) is 0 Å². The van der Waals surface area contributed by atoms with Crippen LogP contribution in [-0.2, 0) is 19.6 Å². The zero-order valence-electron chi connectivity index (χ0n) is 9.35. The first-order chi connectivity index (χ1) is 7.19. The van der Waals surface area contributed by atoms with Crippen LogP contribution in [0.15, 0.2) is 0 Å². The molecule has 0 saturated carbocycles. The molecule has 0 saturated heterocycles. The first kappa shape index (κ1) is 14.8. The average molecular weight is 252 g/mol. The van der Waals surface area contributed by atoms with Crippen molar-refractivity contribution in [3.05, 3.63) is 0 Å². The van der Waals surface area contributed by atoms with E-state index in [2.05, 4.69) is 5.32 Å². The predicted octanol–water partition coefficient (Wildman–Crippen LogP) is -1.24. The van der Waals surface area contributed by atoms with Crippen molar-refractivity contribution in [3.63, 3.8) is 0 Å². The van der Waals surface area contributed by atoms with E-state index in [9.17, 15) is 18.0 Å². The van der Waals surface area contributed by atoms with E-state index in [4.69, 9.17) is 5.11 Å². The number of carboxylic acids is 1. The van der Waals surface area contributed by atoms with Crippen molar-refractivity contribution >= 4 is 21.9 Å². The summed E-state index contributed by atoms with van der Waals surface area (Å²) in [6.07, 6.45) is 0. The van der Waals surface area contributed by atoms with Crippen LogP contribution in [0.5, 0.6) is 0 Å². The smallest absolute Gasteiger partial charge is 0.326 e. The summed E-state index contributed by atoms with van der Waals surface area (Å²) < 4.78 is 24.0. The van der Waals surface area contributed by atoms with E-state index in [0.717, 1.165) is 0 Å². The molecule has 8 heteroatoms. The van der Waals surface area contributed by atoms with Gasteiger partial charge in [-0.1, -0.05) is 13.8 Å². The molecule has 0 aliphatic rings. The Morgan fingerprint density at radius 1 is 1.31 bits per heavy atom. The van der Waals surface area contributed by atoms with Crippen molar-refractivity contribution in [1.82, 2.24) is 10.0 Å². The third-order valence-corrected chi connectivity index (χ3v) is 3.15. The van der Waals surface area contributed by atoms with E-state index in [-0.39, 0.29) is 5.92 Å². The maximum Gasteiger partial charge on any atom is 0.326 e. The Morgan fingerprint density at radius 3 is 2.12 bits per heavy atom. The summed E-state index contributed by atoms with van der Waals surface area (Å²) >= 11 is 0. The molecule has 94 valence electrons. The molecule has 0 aromatic rings. The van der Waals surface area contributed by atoms with Gasteiger partial charge in [0.1, 0.15) is 11.8 Å². The van der Waals surface area contributed by atoms with E-state index in [1.165, 1.54) is 7.05 Å². The minimum atomic E-state index is -3.67. The van der Waals surface area contributed by atoms with Gasteiger partial charge >= 0.3 is 5.97 Å². The number of amides is 1. The fourth-order valence-electron chi connectivity index (χ4n) is 0.973. The topological polar surface area (TPSA) is 113 Å². The maximum atomic E-state index is 11.2. The molecule has 0 bridgehead atoms. The van der Waals surface area contributed by atoms with Crippen LogP contribution in [0, 0.1) is 5.92 Å². The van der Waals surface area contributed by atoms with Crippen LogP contribution >= 0.6 is 0 Å².